The standard InChI is InChI=1S/C14H26N2O3.C12H23N.C12H17N.C11H14ClN.C11H15N.C10H20N2O.C10H20N2.C10H19N.C8H17N/c1-10(2)15-12(17)11-7-6-8-16(9-11)13(18)19-14(3,4)5;1-9(2)13-11(4)12-7-5-10(3)6-8-12;1-10(2)13-11(3)9-12-7-5-4-6-8-12;1-8(2)13-9(3)10-4-6-11(12)7-5-10;1-9(2)12-10(3)11-7-5-4-6-8-11;1-8(2)11-10(13)9-4-6-12(3)7-5-9;1-8(2)12-9(3)10-5-4-6-11-7-10;1-8(2)11-9(3)10-6-4-5-7-10;1-6(2)8(5)9-7(3)4/h10-11H,6-9H2,1-5H3,(H,15,17);9-10,12-13H,4-8H2,1-3H3;4-8,10,13H,3,9H2,1-2H3;4-8,13H,3H2,1-2H3;4-9,12H,3H2,1-2H3;8-9H,4-7H2,1-3H3,(H,11,13);8,10-12H,3-7H2,1-2H3;8,10-11H,3-7H2,1-2H3;6-7,9H,5H2,1-4H3. The van der Waals surface area contributed by atoms with Crippen molar-refractivity contribution in [3.05, 3.63) is 181 Å². The molecule has 3 aromatic rings. The van der Waals surface area contributed by atoms with Gasteiger partial charge in [-0.05, 0) is 289 Å². The molecule has 2 aliphatic carbocycles. The first-order chi connectivity index (χ1) is 53.8. The Balaban J connectivity index is 0.00000128. The lowest BCUT2D eigenvalue weighted by Gasteiger charge is -2.33. The van der Waals surface area contributed by atoms with Gasteiger partial charge in [-0.2, -0.15) is 0 Å². The van der Waals surface area contributed by atoms with E-state index in [4.69, 9.17) is 16.3 Å². The van der Waals surface area contributed by atoms with E-state index in [0.29, 0.717) is 67.2 Å². The van der Waals surface area contributed by atoms with Gasteiger partial charge < -0.3 is 67.7 Å². The average Bonchev–Trinajstić information content (AvgIpc) is 1.41. The topological polar surface area (TPSA) is 187 Å². The smallest absolute Gasteiger partial charge is 0.410 e. The van der Waals surface area contributed by atoms with Crippen molar-refractivity contribution in [2.75, 3.05) is 46.3 Å². The highest BCUT2D eigenvalue weighted by atomic mass is 35.5. The van der Waals surface area contributed by atoms with Gasteiger partial charge in [0.1, 0.15) is 5.60 Å². The third-order valence-electron chi connectivity index (χ3n) is 19.1. The van der Waals surface area contributed by atoms with Gasteiger partial charge in [-0.15, -0.1) is 0 Å². The number of hydrogen-bond acceptors (Lipinski definition) is 13. The van der Waals surface area contributed by atoms with Crippen LogP contribution in [0.5, 0.6) is 0 Å². The number of rotatable bonds is 26. The number of piperidine rings is 3. The molecule has 2 unspecified atom stereocenters. The zero-order chi connectivity index (χ0) is 87.5. The first-order valence-electron chi connectivity index (χ1n) is 43.8. The highest BCUT2D eigenvalue weighted by Gasteiger charge is 2.32. The summed E-state index contributed by atoms with van der Waals surface area (Å²) in [5.74, 6) is 4.02. The van der Waals surface area contributed by atoms with Gasteiger partial charge in [-0.1, -0.05) is 177 Å². The molecule has 654 valence electrons. The van der Waals surface area contributed by atoms with Crippen molar-refractivity contribution in [2.45, 2.75) is 322 Å². The summed E-state index contributed by atoms with van der Waals surface area (Å²) in [7, 11) is 2.11. The van der Waals surface area contributed by atoms with Crippen molar-refractivity contribution in [2.24, 2.45) is 41.4 Å². The fourth-order valence-electron chi connectivity index (χ4n) is 13.2. The van der Waals surface area contributed by atoms with Crippen LogP contribution in [0.1, 0.15) is 273 Å². The zero-order valence-corrected chi connectivity index (χ0v) is 78.3. The predicted octanol–water partition coefficient (Wildman–Crippen LogP) is 21.4. The van der Waals surface area contributed by atoms with E-state index in [2.05, 4.69) is 265 Å². The normalized spacial score (nSPS) is 17.4. The Bertz CT molecular complexity index is 3120. The number of amides is 3. The quantitative estimate of drug-likeness (QED) is 0.0366. The maximum absolute atomic E-state index is 12.0. The summed E-state index contributed by atoms with van der Waals surface area (Å²) in [5.41, 5.74) is 10.9. The molecular weight excluding hydrogens is 1440 g/mol. The first kappa shape index (κ1) is 108. The lowest BCUT2D eigenvalue weighted by Crippen LogP contribution is -2.48. The Morgan fingerprint density at radius 3 is 1.23 bits per heavy atom. The number of carbonyl (C=O) groups is 3. The minimum atomic E-state index is -0.496. The van der Waals surface area contributed by atoms with E-state index in [1.165, 1.54) is 93.4 Å². The van der Waals surface area contributed by atoms with Gasteiger partial charge in [-0.3, -0.25) is 9.59 Å². The Morgan fingerprint density at radius 1 is 0.443 bits per heavy atom. The van der Waals surface area contributed by atoms with Crippen LogP contribution in [0.2, 0.25) is 5.02 Å². The molecule has 3 aliphatic heterocycles. The molecule has 2 saturated carbocycles. The van der Waals surface area contributed by atoms with E-state index in [-0.39, 0.29) is 41.8 Å². The third-order valence-corrected chi connectivity index (χ3v) is 19.4. The summed E-state index contributed by atoms with van der Waals surface area (Å²) in [5, 5.41) is 33.3. The van der Waals surface area contributed by atoms with Crippen molar-refractivity contribution < 1.29 is 19.1 Å². The van der Waals surface area contributed by atoms with E-state index in [1.54, 1.807) is 4.90 Å². The number of nitrogens with one attached hydrogen (secondary N) is 10. The highest BCUT2D eigenvalue weighted by Crippen LogP contribution is 2.32. The summed E-state index contributed by atoms with van der Waals surface area (Å²) in [6.45, 7) is 83.4. The third kappa shape index (κ3) is 56.0. The molecule has 3 heterocycles. The molecule has 10 N–H and O–H groups in total. The molecule has 16 nitrogen and oxygen atoms in total. The number of carbonyl (C=O) groups excluding carboxylic acids is 3. The van der Waals surface area contributed by atoms with Crippen molar-refractivity contribution in [1.82, 2.24) is 63.0 Å². The molecule has 0 aromatic heterocycles. The van der Waals surface area contributed by atoms with Crippen molar-refractivity contribution >= 4 is 40.9 Å². The number of ether oxygens (including phenoxy) is 1. The van der Waals surface area contributed by atoms with E-state index in [9.17, 15) is 14.4 Å². The molecule has 3 aromatic carbocycles. The van der Waals surface area contributed by atoms with Crippen LogP contribution in [0.25, 0.3) is 11.4 Å². The minimum Gasteiger partial charge on any atom is -0.444 e. The molecule has 17 heteroatoms. The number of allylic oxidation sites excluding steroid dienone is 4. The van der Waals surface area contributed by atoms with Crippen LogP contribution in [0.4, 0.5) is 4.79 Å². The number of hydrogen-bond donors (Lipinski definition) is 10. The first-order valence-corrected chi connectivity index (χ1v) is 44.2. The molecule has 5 fully saturated rings. The molecule has 115 heavy (non-hydrogen) atoms. The second-order valence-corrected chi connectivity index (χ2v) is 36.5. The van der Waals surface area contributed by atoms with Gasteiger partial charge in [0.05, 0.1) is 5.92 Å². The number of halogens is 1. The minimum absolute atomic E-state index is 0.0308. The van der Waals surface area contributed by atoms with Crippen LogP contribution in [-0.4, -0.2) is 134 Å². The number of likely N-dealkylation sites (tertiary alicyclic amines) is 2. The Labute approximate surface area is 710 Å². The zero-order valence-electron chi connectivity index (χ0n) is 77.5. The van der Waals surface area contributed by atoms with Gasteiger partial charge in [-0.25, -0.2) is 4.79 Å². The predicted molar refractivity (Wildman–Crippen MR) is 501 cm³/mol. The maximum Gasteiger partial charge on any atom is 0.410 e. The fourth-order valence-corrected chi connectivity index (χ4v) is 13.4. The summed E-state index contributed by atoms with van der Waals surface area (Å²) in [4.78, 5) is 39.4. The Morgan fingerprint density at radius 2 is 0.835 bits per heavy atom. The van der Waals surface area contributed by atoms with E-state index < -0.39 is 5.60 Å². The molecule has 0 radical (unpaired) electrons. The van der Waals surface area contributed by atoms with E-state index in [1.807, 2.05) is 97.0 Å². The van der Waals surface area contributed by atoms with Crippen molar-refractivity contribution in [1.29, 1.82) is 0 Å². The highest BCUT2D eigenvalue weighted by molar-refractivity contribution is 6.30. The van der Waals surface area contributed by atoms with E-state index >= 15 is 0 Å². The second kappa shape index (κ2) is 60.4. The average molecular weight is 1620 g/mol. The van der Waals surface area contributed by atoms with Gasteiger partial charge in [0.2, 0.25) is 11.8 Å². The van der Waals surface area contributed by atoms with Crippen LogP contribution in [0.15, 0.2) is 159 Å². The number of benzene rings is 3. The molecule has 3 amide bonds. The lowest BCUT2D eigenvalue weighted by molar-refractivity contribution is -0.127. The molecule has 2 atom stereocenters. The summed E-state index contributed by atoms with van der Waals surface area (Å²) in [6, 6.07) is 32.0. The number of nitrogens with zero attached hydrogens (tertiary/aromatic N) is 2. The Hall–Kier alpha value is -7.14. The van der Waals surface area contributed by atoms with Gasteiger partial charge in [0.25, 0.3) is 0 Å². The van der Waals surface area contributed by atoms with Gasteiger partial charge >= 0.3 is 6.09 Å². The van der Waals surface area contributed by atoms with Crippen LogP contribution in [0.3, 0.4) is 0 Å². The second-order valence-electron chi connectivity index (χ2n) is 36.1. The summed E-state index contributed by atoms with van der Waals surface area (Å²) >= 11 is 5.77. The monoisotopic (exact) mass is 1620 g/mol. The summed E-state index contributed by atoms with van der Waals surface area (Å²) < 4.78 is 5.34. The largest absolute Gasteiger partial charge is 0.444 e. The van der Waals surface area contributed by atoms with Crippen LogP contribution >= 0.6 is 11.6 Å². The van der Waals surface area contributed by atoms with Gasteiger partial charge in [0, 0.05) is 137 Å². The molecule has 0 bridgehead atoms. The fraction of sp³-hybridized carbons (Fsp3) is 0.643. The Kier molecular flexibility index (Phi) is 56.6. The van der Waals surface area contributed by atoms with Crippen LogP contribution in [0, 0.1) is 41.4 Å². The van der Waals surface area contributed by atoms with Crippen LogP contribution in [-0.2, 0) is 20.7 Å². The molecule has 0 spiro atoms. The maximum atomic E-state index is 12.0. The van der Waals surface area contributed by atoms with E-state index in [0.717, 1.165) is 108 Å². The SMILES string of the molecule is C=C(Cc1ccccc1)NC(C)C.C=C(NC(C)C)C(C)C.C=C(NC(C)C)C1CCC(C)CC1.C=C(NC(C)C)C1CCCC1.C=C(NC(C)C)C1CCCNC1.C=C(NC(C)C)c1ccc(Cl)cc1.C=C(NC(C)C)c1ccccc1.CC(C)NC(=O)C1CCCN(C(=O)OC(C)(C)C)C1.CC(C)NC(=O)C1CCN(C)CC1. The molecule has 8 rings (SSSR count). The van der Waals surface area contributed by atoms with Crippen LogP contribution < -0.4 is 53.2 Å². The molecule has 5 aliphatic rings. The summed E-state index contributed by atoms with van der Waals surface area (Å²) in [6.07, 6.45) is 17.7. The molecular formula is C98H171ClN12O4. The van der Waals surface area contributed by atoms with Crippen molar-refractivity contribution in [3.8, 4) is 0 Å². The van der Waals surface area contributed by atoms with Crippen molar-refractivity contribution in [3.63, 3.8) is 0 Å². The van der Waals surface area contributed by atoms with Gasteiger partial charge in [0.15, 0.2) is 0 Å². The molecule has 3 saturated heterocycles. The lowest BCUT2D eigenvalue weighted by atomic mass is 9.81.